The molecule has 2 aromatic carbocycles. The number of sulfonamides is 1. The van der Waals surface area contributed by atoms with Crippen LogP contribution in [0.3, 0.4) is 0 Å². The summed E-state index contributed by atoms with van der Waals surface area (Å²) in [6.45, 7) is 4.68. The molecule has 0 radical (unpaired) electrons. The van der Waals surface area contributed by atoms with Gasteiger partial charge in [0, 0.05) is 23.7 Å². The van der Waals surface area contributed by atoms with Crippen LogP contribution in [0.4, 0.5) is 15.2 Å². The first-order chi connectivity index (χ1) is 18.2. The molecule has 3 heterocycles. The van der Waals surface area contributed by atoms with Gasteiger partial charge in [0.05, 0.1) is 24.4 Å². The summed E-state index contributed by atoms with van der Waals surface area (Å²) in [5.41, 5.74) is 2.06. The van der Waals surface area contributed by atoms with Crippen molar-refractivity contribution in [2.75, 3.05) is 36.4 Å². The van der Waals surface area contributed by atoms with Crippen LogP contribution in [0.15, 0.2) is 46.8 Å². The number of nitrogens with zero attached hydrogens (tertiary/aromatic N) is 3. The average molecular weight is 579 g/mol. The summed E-state index contributed by atoms with van der Waals surface area (Å²) < 4.78 is 49.6. The van der Waals surface area contributed by atoms with E-state index in [9.17, 15) is 8.42 Å². The Kier molecular flexibility index (Phi) is 7.86. The first-order valence-corrected chi connectivity index (χ1v) is 15.5. The van der Waals surface area contributed by atoms with E-state index < -0.39 is 20.7 Å². The highest BCUT2D eigenvalue weighted by Gasteiger charge is 2.42. The highest BCUT2D eigenvalue weighted by atomic mass is 35.5. The van der Waals surface area contributed by atoms with E-state index in [1.165, 1.54) is 42.5 Å². The molecule has 38 heavy (non-hydrogen) atoms. The van der Waals surface area contributed by atoms with Gasteiger partial charge in [0.25, 0.3) is 10.0 Å². The summed E-state index contributed by atoms with van der Waals surface area (Å²) in [7, 11) is -2.75. The molecule has 1 aromatic heterocycles. The van der Waals surface area contributed by atoms with Crippen LogP contribution in [0.1, 0.15) is 43.2 Å². The molecule has 11 heteroatoms. The Labute approximate surface area is 232 Å². The van der Waals surface area contributed by atoms with Crippen molar-refractivity contribution in [1.29, 1.82) is 0 Å². The number of anilines is 2. The summed E-state index contributed by atoms with van der Waals surface area (Å²) in [5, 5.41) is 5.44. The smallest absolute Gasteiger partial charge is 0.269 e. The van der Waals surface area contributed by atoms with Crippen molar-refractivity contribution in [1.82, 2.24) is 9.88 Å². The molecule has 0 amide bonds. The Morgan fingerprint density at radius 3 is 2.74 bits per heavy atom. The van der Waals surface area contributed by atoms with Crippen LogP contribution in [-0.2, 0) is 16.6 Å². The van der Waals surface area contributed by atoms with Gasteiger partial charge in [-0.1, -0.05) is 24.1 Å². The molecule has 2 fully saturated rings. The first-order valence-electron chi connectivity index (χ1n) is 12.8. The molecule has 0 spiro atoms. The van der Waals surface area contributed by atoms with E-state index in [2.05, 4.69) is 15.2 Å². The molecule has 1 unspecified atom stereocenters. The minimum absolute atomic E-state index is 0.0128. The molecule has 3 aromatic rings. The largest absolute Gasteiger partial charge is 0.497 e. The first kappa shape index (κ1) is 27.2. The van der Waals surface area contributed by atoms with Crippen molar-refractivity contribution in [3.05, 3.63) is 63.9 Å². The van der Waals surface area contributed by atoms with Gasteiger partial charge in [-0.05, 0) is 81.1 Å². The topological polar surface area (TPSA) is 74.8 Å². The Morgan fingerprint density at radius 1 is 1.21 bits per heavy atom. The second-order valence-corrected chi connectivity index (χ2v) is 13.1. The van der Waals surface area contributed by atoms with Gasteiger partial charge in [0.1, 0.15) is 16.5 Å². The molecule has 0 aliphatic carbocycles. The van der Waals surface area contributed by atoms with Crippen molar-refractivity contribution in [2.24, 2.45) is 0 Å². The quantitative estimate of drug-likeness (QED) is 0.332. The third-order valence-corrected chi connectivity index (χ3v) is 10.7. The van der Waals surface area contributed by atoms with E-state index in [1.54, 1.807) is 24.6 Å². The van der Waals surface area contributed by atoms with Crippen molar-refractivity contribution in [3.8, 4) is 5.75 Å². The number of fused-ring (bicyclic) bond motifs is 1. The summed E-state index contributed by atoms with van der Waals surface area (Å²) in [4.78, 5) is 6.27. The summed E-state index contributed by atoms with van der Waals surface area (Å²) in [5.74, 6) is -0.182. The lowest BCUT2D eigenvalue weighted by Gasteiger charge is -2.42. The van der Waals surface area contributed by atoms with Crippen LogP contribution in [0.2, 0.25) is 5.02 Å². The molecule has 0 saturated carbocycles. The number of halogens is 2. The lowest BCUT2D eigenvalue weighted by molar-refractivity contribution is 0.102. The lowest BCUT2D eigenvalue weighted by Crippen LogP contribution is -2.51. The van der Waals surface area contributed by atoms with E-state index in [0.29, 0.717) is 18.0 Å². The Hall–Kier alpha value is -2.40. The molecular weight excluding hydrogens is 547 g/mol. The fraction of sp³-hybridized carbons (Fsp3) is 0.444. The molecule has 1 atom stereocenters. The third-order valence-electron chi connectivity index (χ3n) is 7.76. The number of hydrogen-bond acceptors (Lipinski definition) is 7. The number of rotatable bonds is 9. The van der Waals surface area contributed by atoms with E-state index in [0.717, 1.165) is 47.8 Å². The molecule has 5 rings (SSSR count). The molecule has 2 saturated heterocycles. The third kappa shape index (κ3) is 5.23. The van der Waals surface area contributed by atoms with Crippen molar-refractivity contribution < 1.29 is 17.5 Å². The SMILES string of the molecule is COc1ccc(CN(c2nccs2)S(=O)(=O)c2cc(Cl)c(NCC34CCCCN3CCC4)cc2F)c(C)c1. The monoisotopic (exact) mass is 578 g/mol. The van der Waals surface area contributed by atoms with E-state index in [4.69, 9.17) is 16.3 Å². The lowest BCUT2D eigenvalue weighted by atomic mass is 9.86. The number of hydrogen-bond donors (Lipinski definition) is 1. The molecule has 7 nitrogen and oxygen atoms in total. The predicted molar refractivity (Wildman–Crippen MR) is 151 cm³/mol. The maximum absolute atomic E-state index is 15.5. The maximum atomic E-state index is 15.5. The molecule has 0 bridgehead atoms. The zero-order valence-corrected chi connectivity index (χ0v) is 23.9. The number of methoxy groups -OCH3 is 1. The summed E-state index contributed by atoms with van der Waals surface area (Å²) >= 11 is 7.73. The van der Waals surface area contributed by atoms with Crippen LogP contribution >= 0.6 is 22.9 Å². The average Bonchev–Trinajstić information content (AvgIpc) is 3.58. The fourth-order valence-electron chi connectivity index (χ4n) is 5.63. The van der Waals surface area contributed by atoms with E-state index in [-0.39, 0.29) is 22.2 Å². The fourth-order valence-corrected chi connectivity index (χ4v) is 8.27. The minimum Gasteiger partial charge on any atom is -0.497 e. The molecule has 1 N–H and O–H groups in total. The number of ether oxygens (including phenoxy) is 1. The molecular formula is C27H32ClFN4O3S2. The number of aryl methyl sites for hydroxylation is 1. The van der Waals surface area contributed by atoms with Gasteiger partial charge in [-0.2, -0.15) is 0 Å². The predicted octanol–water partition coefficient (Wildman–Crippen LogP) is 6.08. The van der Waals surface area contributed by atoms with Gasteiger partial charge in [-0.15, -0.1) is 11.3 Å². The Balaban J connectivity index is 1.43. The number of nitrogens with one attached hydrogen (secondary N) is 1. The van der Waals surface area contributed by atoms with Gasteiger partial charge >= 0.3 is 0 Å². The van der Waals surface area contributed by atoms with E-state index in [1.807, 2.05) is 13.0 Å². The van der Waals surface area contributed by atoms with Crippen molar-refractivity contribution in [2.45, 2.75) is 56.0 Å². The highest BCUT2D eigenvalue weighted by Crippen LogP contribution is 2.39. The standard InChI is InChI=1S/C27H32ClFN4O3S2/c1-19-14-21(36-2)7-6-20(19)17-33(26-30-10-13-37-26)38(34,35)25-15-22(28)24(16-23(25)29)31-18-27-8-3-4-11-32(27)12-5-9-27/h6-7,10,13-16,31H,3-5,8-9,11-12,17-18H2,1-2H3. The van der Waals surface area contributed by atoms with Crippen LogP contribution in [0.5, 0.6) is 5.75 Å². The van der Waals surface area contributed by atoms with E-state index >= 15 is 4.39 Å². The minimum atomic E-state index is -4.32. The zero-order valence-electron chi connectivity index (χ0n) is 21.5. The van der Waals surface area contributed by atoms with Gasteiger partial charge in [-0.25, -0.2) is 22.1 Å². The molecule has 2 aliphatic rings. The molecule has 2 aliphatic heterocycles. The summed E-state index contributed by atoms with van der Waals surface area (Å²) in [6.07, 6.45) is 7.26. The van der Waals surface area contributed by atoms with Crippen LogP contribution in [-0.4, -0.2) is 50.6 Å². The Bertz CT molecular complexity index is 1400. The zero-order chi connectivity index (χ0) is 26.9. The van der Waals surface area contributed by atoms with Gasteiger partial charge < -0.3 is 10.1 Å². The second-order valence-electron chi connectivity index (χ2n) is 10.0. The number of benzene rings is 2. The summed E-state index contributed by atoms with van der Waals surface area (Å²) in [6, 6.07) is 7.81. The number of thiazole rings is 1. The maximum Gasteiger partial charge on any atom is 0.269 e. The Morgan fingerprint density at radius 2 is 2.00 bits per heavy atom. The van der Waals surface area contributed by atoms with Crippen LogP contribution in [0, 0.1) is 12.7 Å². The normalized spacial score (nSPS) is 19.8. The van der Waals surface area contributed by atoms with Gasteiger partial charge in [0.15, 0.2) is 5.13 Å². The van der Waals surface area contributed by atoms with Gasteiger partial charge in [0.2, 0.25) is 0 Å². The van der Waals surface area contributed by atoms with Crippen molar-refractivity contribution >= 4 is 43.8 Å². The highest BCUT2D eigenvalue weighted by molar-refractivity contribution is 7.93. The van der Waals surface area contributed by atoms with Crippen molar-refractivity contribution in [3.63, 3.8) is 0 Å². The molecule has 204 valence electrons. The van der Waals surface area contributed by atoms with Crippen LogP contribution in [0.25, 0.3) is 0 Å². The second kappa shape index (κ2) is 11.0. The number of aromatic nitrogens is 1. The van der Waals surface area contributed by atoms with Crippen LogP contribution < -0.4 is 14.4 Å². The number of piperidine rings is 1. The van der Waals surface area contributed by atoms with Gasteiger partial charge in [-0.3, -0.25) is 4.90 Å².